The van der Waals surface area contributed by atoms with Gasteiger partial charge in [0, 0.05) is 38.9 Å². The Balaban J connectivity index is 1.34. The Morgan fingerprint density at radius 1 is 0.698 bits per heavy atom. The van der Waals surface area contributed by atoms with Crippen LogP contribution in [0, 0.1) is 11.3 Å². The summed E-state index contributed by atoms with van der Waals surface area (Å²) >= 11 is 0. The minimum absolute atomic E-state index is 0.0329. The highest BCUT2D eigenvalue weighted by atomic mass is 15.0. The van der Waals surface area contributed by atoms with E-state index in [1.807, 2.05) is 0 Å². The summed E-state index contributed by atoms with van der Waals surface area (Å²) < 4.78 is 5.38. The molecule has 0 amide bonds. The van der Waals surface area contributed by atoms with Crippen molar-refractivity contribution in [1.29, 1.82) is 0 Å². The molecule has 5 aromatic carbocycles. The summed E-state index contributed by atoms with van der Waals surface area (Å²) in [5, 5.41) is 5.63. The molecule has 53 heavy (non-hydrogen) atoms. The lowest BCUT2D eigenvalue weighted by atomic mass is 9.31. The highest BCUT2D eigenvalue weighted by Crippen LogP contribution is 2.51. The molecule has 5 aliphatic rings. The van der Waals surface area contributed by atoms with Crippen LogP contribution in [-0.4, -0.2) is 15.8 Å². The second-order valence-corrected chi connectivity index (χ2v) is 18.4. The molecule has 3 heteroatoms. The summed E-state index contributed by atoms with van der Waals surface area (Å²) in [7, 11) is 0. The van der Waals surface area contributed by atoms with Gasteiger partial charge >= 0.3 is 0 Å². The summed E-state index contributed by atoms with van der Waals surface area (Å²) in [6, 6.07) is 30.7. The maximum absolute atomic E-state index is 2.69. The Kier molecular flexibility index (Phi) is 5.60. The van der Waals surface area contributed by atoms with E-state index in [1.54, 1.807) is 0 Å². The SMILES string of the molecule is CC(C)(C)c1cc2c3c(n4c2c2c1-c1cccc5cc6c(C7=CCCC=C7)c(-c7ccccc7)n7c6c(c15)B2c1c-4cccc1-7)C=CC(C(C)(C)C)C3. The quantitative estimate of drug-likeness (QED) is 0.161. The molecule has 1 atom stereocenters. The highest BCUT2D eigenvalue weighted by Gasteiger charge is 2.48. The standard InChI is InChI=1S/C50H43BN2/c1-49(2,3)31-23-24-37-33(26-31)34-27-36(50(4,5)6)42-32-20-13-19-30-25-35-41(28-15-9-7-10-16-28)46(29-17-11-8-12-18-29)53-39-22-14-21-38-43(39)51(44(40(30)32)48(35)53)45(42)47(34)52(37)38/h8-9,11-25,27,31H,7,10,26H2,1-6H3. The van der Waals surface area contributed by atoms with Gasteiger partial charge in [0.15, 0.2) is 0 Å². The Morgan fingerprint density at radius 2 is 1.47 bits per heavy atom. The molecule has 0 radical (unpaired) electrons. The van der Waals surface area contributed by atoms with Crippen molar-refractivity contribution >= 4 is 67.3 Å². The van der Waals surface area contributed by atoms with Crippen LogP contribution >= 0.6 is 0 Å². The lowest BCUT2D eigenvalue weighted by Gasteiger charge is -2.40. The summed E-state index contributed by atoms with van der Waals surface area (Å²) in [5.74, 6) is 0.492. The van der Waals surface area contributed by atoms with Crippen LogP contribution in [0.4, 0.5) is 0 Å². The van der Waals surface area contributed by atoms with Crippen molar-refractivity contribution in [3.8, 4) is 33.8 Å². The van der Waals surface area contributed by atoms with Gasteiger partial charge in [-0.15, -0.1) is 0 Å². The minimum Gasteiger partial charge on any atom is -0.311 e. The molecular formula is C50H43BN2. The van der Waals surface area contributed by atoms with E-state index >= 15 is 0 Å². The third-order valence-corrected chi connectivity index (χ3v) is 13.4. The molecule has 0 fully saturated rings. The van der Waals surface area contributed by atoms with Gasteiger partial charge in [-0.2, -0.15) is 0 Å². The number of benzene rings is 5. The van der Waals surface area contributed by atoms with E-state index in [0.29, 0.717) is 5.92 Å². The minimum atomic E-state index is -0.0329. The van der Waals surface area contributed by atoms with Crippen LogP contribution in [0.5, 0.6) is 0 Å². The molecular weight excluding hydrogens is 639 g/mol. The number of hydrogen-bond acceptors (Lipinski definition) is 0. The zero-order valence-corrected chi connectivity index (χ0v) is 31.6. The molecule has 5 heterocycles. The molecule has 2 aliphatic carbocycles. The average Bonchev–Trinajstić information content (AvgIpc) is 3.68. The third-order valence-electron chi connectivity index (χ3n) is 13.4. The van der Waals surface area contributed by atoms with Crippen LogP contribution in [0.1, 0.15) is 76.8 Å². The van der Waals surface area contributed by atoms with Gasteiger partial charge in [-0.05, 0) is 127 Å². The van der Waals surface area contributed by atoms with Crippen molar-refractivity contribution in [2.45, 2.75) is 66.2 Å². The summed E-state index contributed by atoms with van der Waals surface area (Å²) in [6.07, 6.45) is 15.5. The lowest BCUT2D eigenvalue weighted by Crippen LogP contribution is -2.61. The fraction of sp³-hybridized carbons (Fsp3) is 0.240. The zero-order valence-electron chi connectivity index (χ0n) is 31.6. The Bertz CT molecular complexity index is 2930. The van der Waals surface area contributed by atoms with E-state index in [9.17, 15) is 0 Å². The largest absolute Gasteiger partial charge is 0.311 e. The number of hydrogen-bond donors (Lipinski definition) is 0. The maximum atomic E-state index is 2.69. The van der Waals surface area contributed by atoms with Gasteiger partial charge < -0.3 is 9.13 Å². The number of aromatic nitrogens is 2. The van der Waals surface area contributed by atoms with Crippen LogP contribution in [-0.2, 0) is 11.8 Å². The fourth-order valence-electron chi connectivity index (χ4n) is 11.1. The second kappa shape index (κ2) is 9.82. The molecule has 0 saturated carbocycles. The van der Waals surface area contributed by atoms with Crippen molar-refractivity contribution in [3.05, 3.63) is 126 Å². The second-order valence-electron chi connectivity index (χ2n) is 18.4. The normalized spacial score (nSPS) is 17.5. The van der Waals surface area contributed by atoms with Crippen LogP contribution in [0.2, 0.25) is 0 Å². The topological polar surface area (TPSA) is 9.86 Å². The molecule has 3 aliphatic heterocycles. The fourth-order valence-corrected chi connectivity index (χ4v) is 11.1. The first kappa shape index (κ1) is 30.2. The number of fused-ring (bicyclic) bond motifs is 6. The van der Waals surface area contributed by atoms with E-state index < -0.39 is 0 Å². The molecule has 0 spiro atoms. The van der Waals surface area contributed by atoms with Crippen LogP contribution in [0.3, 0.4) is 0 Å². The molecule has 0 N–H and O–H groups in total. The van der Waals surface area contributed by atoms with E-state index in [4.69, 9.17) is 0 Å². The predicted molar refractivity (Wildman–Crippen MR) is 227 cm³/mol. The van der Waals surface area contributed by atoms with Crippen LogP contribution in [0.25, 0.3) is 78.0 Å². The van der Waals surface area contributed by atoms with Crippen molar-refractivity contribution in [1.82, 2.24) is 9.13 Å². The molecule has 0 saturated heterocycles. The maximum Gasteiger partial charge on any atom is 0.253 e. The molecule has 256 valence electrons. The average molecular weight is 683 g/mol. The molecule has 12 rings (SSSR count). The van der Waals surface area contributed by atoms with E-state index in [1.165, 1.54) is 111 Å². The molecule has 7 aromatic rings. The lowest BCUT2D eigenvalue weighted by molar-refractivity contribution is 0.291. The summed E-state index contributed by atoms with van der Waals surface area (Å²) in [4.78, 5) is 0. The predicted octanol–water partition coefficient (Wildman–Crippen LogP) is 10.8. The molecule has 2 nitrogen and oxygen atoms in total. The number of nitrogens with zero attached hydrogens (tertiary/aromatic N) is 2. The van der Waals surface area contributed by atoms with Crippen LogP contribution in [0.15, 0.2) is 103 Å². The van der Waals surface area contributed by atoms with Crippen molar-refractivity contribution in [2.75, 3.05) is 0 Å². The smallest absolute Gasteiger partial charge is 0.253 e. The highest BCUT2D eigenvalue weighted by molar-refractivity contribution is 7.03. The molecule has 0 bridgehead atoms. The Morgan fingerprint density at radius 3 is 2.23 bits per heavy atom. The first-order valence-corrected chi connectivity index (χ1v) is 19.7. The summed E-state index contributed by atoms with van der Waals surface area (Å²) in [6.45, 7) is 14.6. The first-order chi connectivity index (χ1) is 25.6. The summed E-state index contributed by atoms with van der Waals surface area (Å²) in [5.41, 5.74) is 22.7. The van der Waals surface area contributed by atoms with Gasteiger partial charge in [-0.3, -0.25) is 0 Å². The Hall–Kier alpha value is -5.28. The number of allylic oxidation sites excluding steroid dienone is 5. The molecule has 2 aromatic heterocycles. The van der Waals surface area contributed by atoms with E-state index in [-0.39, 0.29) is 17.5 Å². The zero-order chi connectivity index (χ0) is 35.7. The molecule has 1 unspecified atom stereocenters. The van der Waals surface area contributed by atoms with Crippen molar-refractivity contribution in [2.24, 2.45) is 11.3 Å². The van der Waals surface area contributed by atoms with E-state index in [0.717, 1.165) is 19.3 Å². The van der Waals surface area contributed by atoms with Gasteiger partial charge in [0.25, 0.3) is 6.71 Å². The van der Waals surface area contributed by atoms with Gasteiger partial charge in [0.2, 0.25) is 0 Å². The Labute approximate surface area is 312 Å². The van der Waals surface area contributed by atoms with Crippen molar-refractivity contribution in [3.63, 3.8) is 0 Å². The number of rotatable bonds is 2. The van der Waals surface area contributed by atoms with Crippen molar-refractivity contribution < 1.29 is 0 Å². The van der Waals surface area contributed by atoms with Gasteiger partial charge in [-0.1, -0.05) is 120 Å². The third kappa shape index (κ3) is 3.66. The van der Waals surface area contributed by atoms with Gasteiger partial charge in [0.05, 0.1) is 11.2 Å². The van der Waals surface area contributed by atoms with Crippen LogP contribution < -0.4 is 16.4 Å². The van der Waals surface area contributed by atoms with Gasteiger partial charge in [-0.25, -0.2) is 0 Å². The van der Waals surface area contributed by atoms with Gasteiger partial charge in [0.1, 0.15) is 0 Å². The first-order valence-electron chi connectivity index (χ1n) is 19.7. The van der Waals surface area contributed by atoms with E-state index in [2.05, 4.69) is 160 Å². The monoisotopic (exact) mass is 682 g/mol.